The number of rotatable bonds is 2. The summed E-state index contributed by atoms with van der Waals surface area (Å²) in [6.45, 7) is 0.459. The van der Waals surface area contributed by atoms with Gasteiger partial charge in [0.25, 0.3) is 6.47 Å². The van der Waals surface area contributed by atoms with Crippen molar-refractivity contribution in [3.8, 4) is 0 Å². The maximum Gasteiger partial charge on any atom is 0.290 e. The first-order valence-electron chi connectivity index (χ1n) is 3.58. The third-order valence-corrected chi connectivity index (χ3v) is 1.19. The molecule has 0 aliphatic rings. The zero-order valence-corrected chi connectivity index (χ0v) is 10.1. The Balaban J connectivity index is 0. The van der Waals surface area contributed by atoms with Gasteiger partial charge in [-0.1, -0.05) is 0 Å². The number of nitrogens with two attached hydrogens (primary N) is 1. The van der Waals surface area contributed by atoms with E-state index in [1.807, 2.05) is 24.3 Å². The Morgan fingerprint density at radius 1 is 1.54 bits per heavy atom. The van der Waals surface area contributed by atoms with Crippen molar-refractivity contribution < 1.29 is 42.6 Å². The summed E-state index contributed by atoms with van der Waals surface area (Å²) in [6, 6.07) is 11.0. The van der Waals surface area contributed by atoms with Crippen LogP contribution in [0.5, 0.6) is 0 Å². The van der Waals surface area contributed by atoms with Crippen LogP contribution < -0.4 is 5.73 Å². The molecular weight excluding hydrogens is 243 g/mol. The van der Waals surface area contributed by atoms with E-state index in [-0.39, 0.29) is 39.2 Å². The molecule has 4 heteroatoms. The van der Waals surface area contributed by atoms with E-state index in [0.717, 1.165) is 6.42 Å². The molecule has 0 saturated heterocycles. The summed E-state index contributed by atoms with van der Waals surface area (Å²) in [5.74, 6) is 0. The van der Waals surface area contributed by atoms with Crippen LogP contribution in [0.15, 0.2) is 24.3 Å². The van der Waals surface area contributed by atoms with Crippen molar-refractivity contribution in [2.45, 2.75) is 6.42 Å². The molecule has 0 unspecified atom stereocenters. The molecular formula is C9H12NO2Y-. The molecule has 0 saturated carbocycles. The Bertz CT molecular complexity index is 204. The normalized spacial score (nSPS) is 7.46. The summed E-state index contributed by atoms with van der Waals surface area (Å²) in [5, 5.41) is 6.89. The fraction of sp³-hybridized carbons (Fsp3) is 0.222. The molecule has 3 N–H and O–H groups in total. The molecule has 0 aliphatic heterocycles. The first kappa shape index (κ1) is 15.2. The van der Waals surface area contributed by atoms with E-state index in [1.54, 1.807) is 0 Å². The number of hydrogen-bond acceptors (Lipinski definition) is 2. The Morgan fingerprint density at radius 3 is 2.54 bits per heavy atom. The van der Waals surface area contributed by atoms with Crippen molar-refractivity contribution in [2.24, 2.45) is 5.73 Å². The van der Waals surface area contributed by atoms with Crippen LogP contribution in [0, 0.1) is 6.07 Å². The van der Waals surface area contributed by atoms with Crippen molar-refractivity contribution in [1.82, 2.24) is 0 Å². The number of carbonyl (C=O) groups is 1. The molecule has 1 aromatic carbocycles. The summed E-state index contributed by atoms with van der Waals surface area (Å²) >= 11 is 0. The second-order valence-corrected chi connectivity index (χ2v) is 2.03. The standard InChI is InChI=1S/C8H10N.CH2O2.Y/c9-7-6-8-4-2-1-3-5-8;2-1-3;/h1-4H,6-7,9H2;1H,(H,2,3);/q-1;;. The second-order valence-electron chi connectivity index (χ2n) is 2.03. The van der Waals surface area contributed by atoms with Crippen LogP contribution in [-0.4, -0.2) is 18.1 Å². The van der Waals surface area contributed by atoms with Gasteiger partial charge in [-0.3, -0.25) is 4.79 Å². The average Bonchev–Trinajstić information content (AvgIpc) is 2.08. The predicted octanol–water partition coefficient (Wildman–Crippen LogP) is 0.686. The van der Waals surface area contributed by atoms with E-state index in [0.29, 0.717) is 6.54 Å². The summed E-state index contributed by atoms with van der Waals surface area (Å²) in [7, 11) is 0. The SMILES string of the molecule is NCCc1[c-]cccc1.O=CO.[Y]. The molecule has 1 rings (SSSR count). The molecule has 0 atom stereocenters. The van der Waals surface area contributed by atoms with Gasteiger partial charge in [-0.15, -0.1) is 0 Å². The van der Waals surface area contributed by atoms with Gasteiger partial charge in [-0.05, 0) is 13.0 Å². The molecule has 13 heavy (non-hydrogen) atoms. The Kier molecular flexibility index (Phi) is 13.8. The van der Waals surface area contributed by atoms with Crippen molar-refractivity contribution in [1.29, 1.82) is 0 Å². The van der Waals surface area contributed by atoms with E-state index in [4.69, 9.17) is 15.6 Å². The van der Waals surface area contributed by atoms with Gasteiger partial charge in [0.05, 0.1) is 0 Å². The maximum absolute atomic E-state index is 8.36. The fourth-order valence-corrected chi connectivity index (χ4v) is 0.742. The average molecular weight is 255 g/mol. The third kappa shape index (κ3) is 9.67. The minimum absolute atomic E-state index is 0. The van der Waals surface area contributed by atoms with Gasteiger partial charge in [0.1, 0.15) is 0 Å². The van der Waals surface area contributed by atoms with E-state index < -0.39 is 0 Å². The van der Waals surface area contributed by atoms with Crippen LogP contribution in [0.4, 0.5) is 0 Å². The van der Waals surface area contributed by atoms with Crippen molar-refractivity contribution in [3.63, 3.8) is 0 Å². The Labute approximate surface area is 103 Å². The van der Waals surface area contributed by atoms with Gasteiger partial charge < -0.3 is 10.8 Å². The smallest absolute Gasteiger partial charge is 0.290 e. The van der Waals surface area contributed by atoms with E-state index in [1.165, 1.54) is 5.56 Å². The molecule has 0 fully saturated rings. The molecule has 0 aliphatic carbocycles. The van der Waals surface area contributed by atoms with Crippen LogP contribution in [0.25, 0.3) is 0 Å². The number of benzene rings is 1. The predicted molar refractivity (Wildman–Crippen MR) is 46.7 cm³/mol. The van der Waals surface area contributed by atoms with Crippen LogP contribution in [0.2, 0.25) is 0 Å². The largest absolute Gasteiger partial charge is 0.483 e. The van der Waals surface area contributed by atoms with E-state index in [9.17, 15) is 0 Å². The second kappa shape index (κ2) is 11.8. The van der Waals surface area contributed by atoms with Crippen LogP contribution in [0.3, 0.4) is 0 Å². The summed E-state index contributed by atoms with van der Waals surface area (Å²) in [4.78, 5) is 8.36. The maximum atomic E-state index is 8.36. The van der Waals surface area contributed by atoms with Crippen LogP contribution >= 0.6 is 0 Å². The first-order chi connectivity index (χ1) is 5.85. The molecule has 3 nitrogen and oxygen atoms in total. The molecule has 0 bridgehead atoms. The van der Waals surface area contributed by atoms with Gasteiger partial charge in [0.2, 0.25) is 0 Å². The summed E-state index contributed by atoms with van der Waals surface area (Å²) < 4.78 is 0. The van der Waals surface area contributed by atoms with Gasteiger partial charge in [-0.2, -0.15) is 35.9 Å². The van der Waals surface area contributed by atoms with Crippen LogP contribution in [-0.2, 0) is 43.9 Å². The zero-order valence-electron chi connectivity index (χ0n) is 7.31. The zero-order chi connectivity index (χ0) is 9.23. The summed E-state index contributed by atoms with van der Waals surface area (Å²) in [6.07, 6.45) is 0.931. The number of carboxylic acid groups (broad SMARTS) is 1. The van der Waals surface area contributed by atoms with Crippen molar-refractivity contribution in [3.05, 3.63) is 35.9 Å². The molecule has 1 radical (unpaired) electrons. The van der Waals surface area contributed by atoms with Crippen molar-refractivity contribution in [2.75, 3.05) is 6.54 Å². The topological polar surface area (TPSA) is 63.3 Å². The van der Waals surface area contributed by atoms with Crippen molar-refractivity contribution >= 4 is 6.47 Å². The third-order valence-electron chi connectivity index (χ3n) is 1.19. The molecule has 0 aromatic heterocycles. The van der Waals surface area contributed by atoms with E-state index in [2.05, 4.69) is 6.07 Å². The Morgan fingerprint density at radius 2 is 2.15 bits per heavy atom. The summed E-state index contributed by atoms with van der Waals surface area (Å²) in [5.41, 5.74) is 6.53. The van der Waals surface area contributed by atoms with E-state index >= 15 is 0 Å². The molecule has 0 heterocycles. The first-order valence-corrected chi connectivity index (χ1v) is 3.58. The fourth-order valence-electron chi connectivity index (χ4n) is 0.742. The molecule has 0 spiro atoms. The molecule has 69 valence electrons. The van der Waals surface area contributed by atoms with Gasteiger partial charge in [0.15, 0.2) is 0 Å². The minimum atomic E-state index is -0.250. The molecule has 0 amide bonds. The molecule has 1 aromatic rings. The minimum Gasteiger partial charge on any atom is -0.483 e. The number of hydrogen-bond donors (Lipinski definition) is 2. The quantitative estimate of drug-likeness (QED) is 0.603. The monoisotopic (exact) mass is 255 g/mol. The van der Waals surface area contributed by atoms with Gasteiger partial charge in [0, 0.05) is 32.7 Å². The van der Waals surface area contributed by atoms with Gasteiger partial charge >= 0.3 is 0 Å². The van der Waals surface area contributed by atoms with Crippen LogP contribution in [0.1, 0.15) is 5.56 Å². The Hall–Kier alpha value is -0.246. The van der Waals surface area contributed by atoms with Gasteiger partial charge in [-0.25, -0.2) is 0 Å².